The summed E-state index contributed by atoms with van der Waals surface area (Å²) in [5, 5.41) is 57.2. The molecule has 5 aliphatic rings. The van der Waals surface area contributed by atoms with E-state index in [1.165, 1.54) is 0 Å². The fourth-order valence-electron chi connectivity index (χ4n) is 8.68. The molecule has 258 valence electrons. The Kier molecular flexibility index (Phi) is 8.90. The molecule has 2 aromatic rings. The molecular weight excluding hydrogens is 614 g/mol. The maximum absolute atomic E-state index is 13.4. The Morgan fingerprint density at radius 2 is 1.87 bits per heavy atom. The summed E-state index contributed by atoms with van der Waals surface area (Å²) in [6.45, 7) is 1.19. The number of aliphatic hydroxyl groups is 5. The van der Waals surface area contributed by atoms with Gasteiger partial charge in [0.15, 0.2) is 16.9 Å². The second kappa shape index (κ2) is 12.8. The van der Waals surface area contributed by atoms with Crippen molar-refractivity contribution in [1.82, 2.24) is 5.32 Å². The van der Waals surface area contributed by atoms with E-state index >= 15 is 0 Å². The molecule has 9 unspecified atom stereocenters. The second-order valence-electron chi connectivity index (χ2n) is 13.8. The van der Waals surface area contributed by atoms with E-state index in [0.29, 0.717) is 30.5 Å². The smallest absolute Gasteiger partial charge is 0.309 e. The van der Waals surface area contributed by atoms with Crippen LogP contribution >= 0.6 is 0 Å². The van der Waals surface area contributed by atoms with Gasteiger partial charge in [-0.3, -0.25) is 9.59 Å². The number of esters is 1. The van der Waals surface area contributed by atoms with Crippen molar-refractivity contribution in [3.63, 3.8) is 0 Å². The van der Waals surface area contributed by atoms with Gasteiger partial charge in [-0.1, -0.05) is 6.42 Å². The van der Waals surface area contributed by atoms with Crippen molar-refractivity contribution in [3.8, 4) is 11.5 Å². The summed E-state index contributed by atoms with van der Waals surface area (Å²) in [5.41, 5.74) is 0.562. The molecule has 6 N–H and O–H groups in total. The van der Waals surface area contributed by atoms with E-state index < -0.39 is 55.8 Å². The first-order chi connectivity index (χ1) is 22.7. The molecule has 13 nitrogen and oxygen atoms in total. The number of hydrogen-bond acceptors (Lipinski definition) is 12. The van der Waals surface area contributed by atoms with Crippen LogP contribution in [-0.4, -0.2) is 100 Å². The third-order valence-corrected chi connectivity index (χ3v) is 11.1. The van der Waals surface area contributed by atoms with Crippen molar-refractivity contribution >= 4 is 22.8 Å². The number of amides is 1. The van der Waals surface area contributed by atoms with Crippen LogP contribution in [0.4, 0.5) is 0 Å². The van der Waals surface area contributed by atoms with Gasteiger partial charge < -0.3 is 54.2 Å². The third kappa shape index (κ3) is 5.39. The highest BCUT2D eigenvalue weighted by atomic mass is 16.7. The van der Waals surface area contributed by atoms with Gasteiger partial charge in [0.05, 0.1) is 31.5 Å². The minimum atomic E-state index is -2.28. The number of furan rings is 1. The van der Waals surface area contributed by atoms with E-state index in [2.05, 4.69) is 5.32 Å². The second-order valence-corrected chi connectivity index (χ2v) is 13.8. The normalized spacial score (nSPS) is 35.2. The highest BCUT2D eigenvalue weighted by Gasteiger charge is 2.57. The van der Waals surface area contributed by atoms with E-state index in [-0.39, 0.29) is 60.3 Å². The Morgan fingerprint density at radius 1 is 1.09 bits per heavy atom. The van der Waals surface area contributed by atoms with Crippen LogP contribution in [0.2, 0.25) is 0 Å². The van der Waals surface area contributed by atoms with Gasteiger partial charge in [0.2, 0.25) is 17.9 Å². The molecule has 0 radical (unpaired) electrons. The van der Waals surface area contributed by atoms with Crippen LogP contribution in [0.3, 0.4) is 0 Å². The van der Waals surface area contributed by atoms with Gasteiger partial charge in [0.25, 0.3) is 0 Å². The number of carbonyl (C=O) groups is 2. The zero-order valence-corrected chi connectivity index (χ0v) is 26.6. The Morgan fingerprint density at radius 3 is 2.60 bits per heavy atom. The molecule has 3 fully saturated rings. The molecule has 2 saturated heterocycles. The van der Waals surface area contributed by atoms with Gasteiger partial charge in [-0.2, -0.15) is 0 Å². The van der Waals surface area contributed by atoms with Crippen LogP contribution in [-0.2, 0) is 25.5 Å². The maximum Gasteiger partial charge on any atom is 0.309 e. The molecule has 13 heteroatoms. The van der Waals surface area contributed by atoms with Crippen LogP contribution in [0.5, 0.6) is 11.5 Å². The molecule has 1 amide bonds. The number of nitrogens with one attached hydrogen (secondary N) is 1. The molecule has 0 bridgehead atoms. The molecule has 2 aliphatic heterocycles. The number of aliphatic hydroxyl groups excluding tert-OH is 4. The summed E-state index contributed by atoms with van der Waals surface area (Å²) >= 11 is 0. The lowest BCUT2D eigenvalue weighted by Gasteiger charge is -2.47. The molecule has 3 aliphatic carbocycles. The lowest BCUT2D eigenvalue weighted by molar-refractivity contribution is -0.323. The zero-order chi connectivity index (χ0) is 33.0. The summed E-state index contributed by atoms with van der Waals surface area (Å²) in [7, 11) is 0. The van der Waals surface area contributed by atoms with Crippen molar-refractivity contribution in [3.05, 3.63) is 23.0 Å². The highest BCUT2D eigenvalue weighted by molar-refractivity contribution is 5.97. The molecule has 1 aromatic heterocycles. The van der Waals surface area contributed by atoms with Crippen molar-refractivity contribution in [2.24, 2.45) is 11.8 Å². The fraction of sp³-hybridized carbons (Fsp3) is 0.706. The van der Waals surface area contributed by atoms with Crippen molar-refractivity contribution in [2.45, 2.75) is 113 Å². The first-order valence-corrected chi connectivity index (χ1v) is 17.0. The van der Waals surface area contributed by atoms with Gasteiger partial charge in [-0.05, 0) is 63.4 Å². The Balaban J connectivity index is 1.44. The average molecular weight is 660 g/mol. The number of rotatable bonds is 9. The molecule has 7 rings (SSSR count). The lowest BCUT2D eigenvalue weighted by atomic mass is 9.72. The molecule has 1 aromatic carbocycles. The van der Waals surface area contributed by atoms with E-state index in [4.69, 9.17) is 23.4 Å². The molecule has 47 heavy (non-hydrogen) atoms. The van der Waals surface area contributed by atoms with Crippen LogP contribution in [0.25, 0.3) is 11.0 Å². The first-order valence-electron chi connectivity index (χ1n) is 17.0. The Labute approximate surface area is 272 Å². The quantitative estimate of drug-likeness (QED) is 0.213. The van der Waals surface area contributed by atoms with E-state index in [1.807, 2.05) is 0 Å². The summed E-state index contributed by atoms with van der Waals surface area (Å²) in [6.07, 6.45) is 0.468. The minimum Gasteiger partial charge on any atom is -0.483 e. The van der Waals surface area contributed by atoms with Crippen LogP contribution < -0.4 is 14.8 Å². The SMILES string of the molecule is CCOC(=O)C1Cc2c(OC3OC(CO)C(O)C(O)C3(O)CCO)c(OC3CCCCC3)c3occ4c3c2C(C1)CC1C(=O)NCC41. The molecule has 3 heterocycles. The minimum absolute atomic E-state index is 0.0422. The van der Waals surface area contributed by atoms with E-state index in [9.17, 15) is 35.1 Å². The number of carbonyl (C=O) groups excluding carboxylic acids is 2. The predicted octanol–water partition coefficient (Wildman–Crippen LogP) is 1.52. The van der Waals surface area contributed by atoms with Gasteiger partial charge in [0.1, 0.15) is 18.3 Å². The van der Waals surface area contributed by atoms with Gasteiger partial charge in [-0.15, -0.1) is 0 Å². The highest BCUT2D eigenvalue weighted by Crippen LogP contribution is 2.57. The number of fused-ring (bicyclic) bond motifs is 2. The van der Waals surface area contributed by atoms with E-state index in [0.717, 1.165) is 48.6 Å². The third-order valence-electron chi connectivity index (χ3n) is 11.1. The van der Waals surface area contributed by atoms with Crippen molar-refractivity contribution in [2.75, 3.05) is 26.4 Å². The standard InChI is InChI=1S/C34H45NO12/c1-2-43-32(41)17-10-16-11-19-21(13-35-31(19)40)22-15-44-28-25(22)24(16)20(12-17)27(29(28)45-18-6-4-3-5-7-18)47-33-34(42,8-9-36)30(39)26(38)23(14-37)46-33/h15-19,21,23,26,30,33,36-39,42H,2-14H2,1H3,(H,35,40). The molecule has 1 saturated carbocycles. The summed E-state index contributed by atoms with van der Waals surface area (Å²) < 4.78 is 31.1. The summed E-state index contributed by atoms with van der Waals surface area (Å²) in [6, 6.07) is 0. The van der Waals surface area contributed by atoms with Gasteiger partial charge >= 0.3 is 5.97 Å². The largest absolute Gasteiger partial charge is 0.483 e. The molecule has 0 spiro atoms. The molecular formula is C34H45NO12. The summed E-state index contributed by atoms with van der Waals surface area (Å²) in [5.74, 6) is -1.24. The van der Waals surface area contributed by atoms with Gasteiger partial charge in [-0.25, -0.2) is 0 Å². The van der Waals surface area contributed by atoms with Crippen LogP contribution in [0, 0.1) is 11.8 Å². The van der Waals surface area contributed by atoms with Crippen molar-refractivity contribution in [1.29, 1.82) is 0 Å². The zero-order valence-electron chi connectivity index (χ0n) is 26.6. The van der Waals surface area contributed by atoms with E-state index in [1.54, 1.807) is 13.2 Å². The topological polar surface area (TPSA) is 197 Å². The number of hydrogen-bond donors (Lipinski definition) is 6. The fourth-order valence-corrected chi connectivity index (χ4v) is 8.68. The van der Waals surface area contributed by atoms with Crippen LogP contribution in [0.15, 0.2) is 10.7 Å². The molecule has 9 atom stereocenters. The average Bonchev–Trinajstić information content (AvgIpc) is 3.62. The number of benzene rings is 1. The maximum atomic E-state index is 13.4. The Bertz CT molecular complexity index is 1500. The van der Waals surface area contributed by atoms with Gasteiger partial charge in [0, 0.05) is 47.9 Å². The summed E-state index contributed by atoms with van der Waals surface area (Å²) in [4.78, 5) is 26.5. The van der Waals surface area contributed by atoms with Crippen LogP contribution in [0.1, 0.15) is 86.8 Å². The lowest BCUT2D eigenvalue weighted by Crippen LogP contribution is -2.68. The van der Waals surface area contributed by atoms with Crippen molar-refractivity contribution < 1.29 is 58.5 Å². The monoisotopic (exact) mass is 659 g/mol. The Hall–Kier alpha value is -2.94. The first kappa shape index (κ1) is 32.6. The predicted molar refractivity (Wildman–Crippen MR) is 164 cm³/mol. The number of ether oxygens (including phenoxy) is 4.